The Bertz CT molecular complexity index is 1150. The van der Waals surface area contributed by atoms with Crippen molar-refractivity contribution in [3.63, 3.8) is 0 Å². The molecule has 1 aromatic heterocycles. The lowest BCUT2D eigenvalue weighted by atomic mass is 9.75. The molecule has 0 saturated heterocycles. The minimum Gasteiger partial charge on any atom is -0.309 e. The van der Waals surface area contributed by atoms with E-state index in [2.05, 4.69) is 82.9 Å². The minimum absolute atomic E-state index is 0.0310. The van der Waals surface area contributed by atoms with Gasteiger partial charge in [-0.05, 0) is 29.3 Å². The van der Waals surface area contributed by atoms with Crippen molar-refractivity contribution in [3.8, 4) is 5.69 Å². The molecule has 0 N–H and O–H groups in total. The monoisotopic (exact) mass is 395 g/mol. The molecule has 3 heteroatoms. The van der Waals surface area contributed by atoms with Crippen molar-refractivity contribution in [1.29, 1.82) is 0 Å². The first-order valence-corrected chi connectivity index (χ1v) is 9.20. The van der Waals surface area contributed by atoms with Gasteiger partial charge in [0.2, 0.25) is 0 Å². The molecule has 0 saturated carbocycles. The van der Waals surface area contributed by atoms with Crippen molar-refractivity contribution in [2.24, 2.45) is 0 Å². The van der Waals surface area contributed by atoms with Gasteiger partial charge in [0, 0.05) is 25.7 Å². The number of nitrogens with zero attached hydrogens (tertiary/aromatic N) is 1. The zero-order chi connectivity index (χ0) is 16.6. The summed E-state index contributed by atoms with van der Waals surface area (Å²) in [7, 11) is 0. The lowest BCUT2D eigenvalue weighted by Gasteiger charge is -2.34. The van der Waals surface area contributed by atoms with Gasteiger partial charge in [0.05, 0.1) is 16.7 Å². The maximum absolute atomic E-state index is 6.38. The Hall–Kier alpha value is -1.77. The van der Waals surface area contributed by atoms with E-state index < -0.39 is 0 Å². The van der Waals surface area contributed by atoms with Gasteiger partial charge >= 0.3 is 0 Å². The van der Waals surface area contributed by atoms with Crippen LogP contribution in [0.5, 0.6) is 0 Å². The van der Waals surface area contributed by atoms with Crippen molar-refractivity contribution < 1.29 is 0 Å². The van der Waals surface area contributed by atoms with Crippen LogP contribution >= 0.6 is 27.5 Å². The van der Waals surface area contributed by atoms with Crippen LogP contribution in [-0.2, 0) is 5.41 Å². The summed E-state index contributed by atoms with van der Waals surface area (Å²) >= 11 is 10.1. The molecule has 0 radical (unpaired) electrons. The van der Waals surface area contributed by atoms with Crippen molar-refractivity contribution in [2.75, 3.05) is 0 Å². The van der Waals surface area contributed by atoms with E-state index in [1.807, 2.05) is 6.07 Å². The first-order chi connectivity index (χ1) is 11.5. The van der Waals surface area contributed by atoms with Crippen molar-refractivity contribution in [1.82, 2.24) is 4.57 Å². The fraction of sp³-hybridized carbons (Fsp3) is 0.143. The second-order valence-corrected chi connectivity index (χ2v) is 8.25. The third-order valence-corrected chi connectivity index (χ3v) is 6.14. The van der Waals surface area contributed by atoms with Gasteiger partial charge in [0.25, 0.3) is 0 Å². The third-order valence-electron chi connectivity index (χ3n) is 5.30. The van der Waals surface area contributed by atoms with E-state index >= 15 is 0 Å². The first-order valence-electron chi connectivity index (χ1n) is 8.02. The molecule has 4 aromatic rings. The van der Waals surface area contributed by atoms with Gasteiger partial charge in [-0.1, -0.05) is 77.8 Å². The van der Waals surface area contributed by atoms with Gasteiger partial charge in [-0.25, -0.2) is 0 Å². The quantitative estimate of drug-likeness (QED) is 0.307. The Morgan fingerprint density at radius 1 is 0.958 bits per heavy atom. The van der Waals surface area contributed by atoms with Crippen molar-refractivity contribution in [2.45, 2.75) is 19.3 Å². The summed E-state index contributed by atoms with van der Waals surface area (Å²) in [5.74, 6) is 0. The smallest absolute Gasteiger partial charge is 0.0582 e. The molecule has 0 aliphatic carbocycles. The Morgan fingerprint density at radius 3 is 2.54 bits per heavy atom. The molecule has 5 rings (SSSR count). The van der Waals surface area contributed by atoms with E-state index in [4.69, 9.17) is 11.6 Å². The molecule has 0 bridgehead atoms. The number of rotatable bonds is 0. The van der Waals surface area contributed by atoms with Crippen LogP contribution < -0.4 is 0 Å². The molecule has 0 fully saturated rings. The highest BCUT2D eigenvalue weighted by Gasteiger charge is 2.34. The standard InChI is InChI=1S/C21H15BrClN/c1-21(2)14-7-3-4-9-17(14)24-18-11-12(23)10-16(22)19(18)13-6-5-8-15(21)20(13)24/h3-11H,1-2H3. The fourth-order valence-corrected chi connectivity index (χ4v) is 5.21. The minimum atomic E-state index is -0.0310. The van der Waals surface area contributed by atoms with Crippen molar-refractivity contribution in [3.05, 3.63) is 75.2 Å². The molecule has 1 aliphatic rings. The topological polar surface area (TPSA) is 4.93 Å². The third kappa shape index (κ3) is 1.66. The molecule has 1 aliphatic heterocycles. The molecule has 0 unspecified atom stereocenters. The first kappa shape index (κ1) is 14.6. The molecule has 1 nitrogen and oxygen atoms in total. The molecular formula is C21H15BrClN. The van der Waals surface area contributed by atoms with Gasteiger partial charge in [-0.3, -0.25) is 0 Å². The number of benzene rings is 3. The second kappa shape index (κ2) is 4.65. The van der Waals surface area contributed by atoms with E-state index in [-0.39, 0.29) is 5.41 Å². The van der Waals surface area contributed by atoms with Gasteiger partial charge in [0.1, 0.15) is 0 Å². The van der Waals surface area contributed by atoms with Gasteiger partial charge in [0.15, 0.2) is 0 Å². The normalized spacial score (nSPS) is 15.0. The maximum atomic E-state index is 6.38. The lowest BCUT2D eigenvalue weighted by molar-refractivity contribution is 0.630. The largest absolute Gasteiger partial charge is 0.309 e. The molecule has 24 heavy (non-hydrogen) atoms. The van der Waals surface area contributed by atoms with Crippen LogP contribution in [-0.4, -0.2) is 4.57 Å². The molecule has 118 valence electrons. The average Bonchev–Trinajstić information content (AvgIpc) is 2.88. The Kier molecular flexibility index (Phi) is 2.82. The molecule has 0 spiro atoms. The number of para-hydroxylation sites is 2. The summed E-state index contributed by atoms with van der Waals surface area (Å²) in [4.78, 5) is 0. The second-order valence-electron chi connectivity index (χ2n) is 6.96. The van der Waals surface area contributed by atoms with Crippen LogP contribution in [0.15, 0.2) is 59.1 Å². The van der Waals surface area contributed by atoms with Crippen LogP contribution in [0.25, 0.3) is 27.5 Å². The van der Waals surface area contributed by atoms with Crippen LogP contribution in [0, 0.1) is 0 Å². The summed E-state index contributed by atoms with van der Waals surface area (Å²) < 4.78 is 3.42. The Labute approximate surface area is 154 Å². The van der Waals surface area contributed by atoms with E-state index in [0.717, 1.165) is 15.0 Å². The van der Waals surface area contributed by atoms with E-state index in [1.165, 1.54) is 33.1 Å². The SMILES string of the molecule is CC1(C)c2ccccc2-n2c3cc(Cl)cc(Br)c3c3cccc1c32. The number of aromatic nitrogens is 1. The van der Waals surface area contributed by atoms with Crippen LogP contribution in [0.4, 0.5) is 0 Å². The summed E-state index contributed by atoms with van der Waals surface area (Å²) in [5.41, 5.74) is 6.36. The number of hydrogen-bond donors (Lipinski definition) is 0. The summed E-state index contributed by atoms with van der Waals surface area (Å²) in [5, 5.41) is 3.25. The number of hydrogen-bond acceptors (Lipinski definition) is 0. The van der Waals surface area contributed by atoms with Crippen molar-refractivity contribution >= 4 is 49.3 Å². The molecule has 0 atom stereocenters. The van der Waals surface area contributed by atoms with E-state index in [0.29, 0.717) is 0 Å². The Morgan fingerprint density at radius 2 is 1.71 bits per heavy atom. The number of fused-ring (bicyclic) bond motifs is 5. The molecule has 3 aromatic carbocycles. The fourth-order valence-electron chi connectivity index (χ4n) is 4.21. The van der Waals surface area contributed by atoms with Crippen LogP contribution in [0.1, 0.15) is 25.0 Å². The lowest BCUT2D eigenvalue weighted by Crippen LogP contribution is -2.26. The van der Waals surface area contributed by atoms with Gasteiger partial charge in [-0.2, -0.15) is 0 Å². The molecule has 2 heterocycles. The van der Waals surface area contributed by atoms with Gasteiger partial charge < -0.3 is 4.57 Å². The highest BCUT2D eigenvalue weighted by Crippen LogP contribution is 2.48. The summed E-state index contributed by atoms with van der Waals surface area (Å²) in [6.45, 7) is 4.62. The zero-order valence-corrected chi connectivity index (χ0v) is 15.7. The van der Waals surface area contributed by atoms with E-state index in [1.54, 1.807) is 0 Å². The highest BCUT2D eigenvalue weighted by molar-refractivity contribution is 9.10. The summed E-state index contributed by atoms with van der Waals surface area (Å²) in [6, 6.07) is 19.4. The molecular weight excluding hydrogens is 382 g/mol. The summed E-state index contributed by atoms with van der Waals surface area (Å²) in [6.07, 6.45) is 0. The highest BCUT2D eigenvalue weighted by atomic mass is 79.9. The average molecular weight is 397 g/mol. The Balaban J connectivity index is 2.15. The predicted molar refractivity (Wildman–Crippen MR) is 106 cm³/mol. The predicted octanol–water partition coefficient (Wildman–Crippen LogP) is 6.84. The molecule has 0 amide bonds. The van der Waals surface area contributed by atoms with Crippen LogP contribution in [0.2, 0.25) is 5.02 Å². The van der Waals surface area contributed by atoms with Crippen LogP contribution in [0.3, 0.4) is 0 Å². The zero-order valence-electron chi connectivity index (χ0n) is 13.4. The van der Waals surface area contributed by atoms with E-state index in [9.17, 15) is 0 Å². The maximum Gasteiger partial charge on any atom is 0.0582 e. The van der Waals surface area contributed by atoms with Gasteiger partial charge in [-0.15, -0.1) is 0 Å². The number of halogens is 2.